The van der Waals surface area contributed by atoms with Crippen LogP contribution in [0.3, 0.4) is 0 Å². The van der Waals surface area contributed by atoms with E-state index < -0.39 is 35.8 Å². The van der Waals surface area contributed by atoms with Crippen molar-refractivity contribution in [1.29, 1.82) is 0 Å². The van der Waals surface area contributed by atoms with Gasteiger partial charge in [0.1, 0.15) is 0 Å². The number of hydrogen-bond donors (Lipinski definition) is 6. The van der Waals surface area contributed by atoms with Crippen LogP contribution in [-0.4, -0.2) is 66.5 Å². The average molecular weight is 703 g/mol. The first-order valence-corrected chi connectivity index (χ1v) is 18.3. The molecule has 0 atom stereocenters. The zero-order chi connectivity index (χ0) is 37.4. The molecule has 0 aliphatic rings. The molecule has 0 heterocycles. The topological polar surface area (TPSA) is 224 Å². The van der Waals surface area contributed by atoms with Crippen molar-refractivity contribution in [3.63, 3.8) is 0 Å². The standard InChI is InChI=1S/C18H32O4.C10H18O4.C9H16O4/c19-17(20)15-13-11-9-7-5-3-1-2-4-6-8-10-12-14-16-18(21)22;11-9(12)7-5-3-1-2-4-6-8-10(13)14;10-8(11)6-4-2-1-3-5-7-9(12)13/h1-2H,3-16H2,(H,19,20)(H,21,22);1-8H2,(H,11,12)(H,13,14);1-7H2,(H,10,11)(H,12,13). The maximum Gasteiger partial charge on any atom is 0.303 e. The summed E-state index contributed by atoms with van der Waals surface area (Å²) in [6, 6.07) is 0. The van der Waals surface area contributed by atoms with Crippen molar-refractivity contribution in [2.24, 2.45) is 0 Å². The van der Waals surface area contributed by atoms with Gasteiger partial charge in [0, 0.05) is 38.5 Å². The molecule has 0 saturated carbocycles. The van der Waals surface area contributed by atoms with Crippen LogP contribution in [0.5, 0.6) is 0 Å². The fourth-order valence-corrected chi connectivity index (χ4v) is 4.72. The molecular formula is C37H66O12. The first kappa shape index (κ1) is 49.9. The van der Waals surface area contributed by atoms with Crippen LogP contribution in [0.4, 0.5) is 0 Å². The summed E-state index contributed by atoms with van der Waals surface area (Å²) in [4.78, 5) is 61.1. The summed E-state index contributed by atoms with van der Waals surface area (Å²) in [7, 11) is 0. The van der Waals surface area contributed by atoms with Crippen LogP contribution in [0, 0.1) is 0 Å². The number of allylic oxidation sites excluding steroid dienone is 2. The summed E-state index contributed by atoms with van der Waals surface area (Å²) in [6.45, 7) is 0. The number of carbonyl (C=O) groups is 6. The van der Waals surface area contributed by atoms with Gasteiger partial charge in [-0.05, 0) is 64.2 Å². The van der Waals surface area contributed by atoms with E-state index in [0.717, 1.165) is 109 Å². The molecule has 0 aromatic heterocycles. The predicted molar refractivity (Wildman–Crippen MR) is 189 cm³/mol. The van der Waals surface area contributed by atoms with E-state index in [1.165, 1.54) is 25.7 Å². The second-order valence-corrected chi connectivity index (χ2v) is 12.3. The number of carboxylic acids is 6. The van der Waals surface area contributed by atoms with E-state index in [0.29, 0.717) is 25.7 Å². The molecule has 0 aromatic carbocycles. The Morgan fingerprint density at radius 1 is 0.245 bits per heavy atom. The number of carboxylic acid groups (broad SMARTS) is 6. The fraction of sp³-hybridized carbons (Fsp3) is 0.784. The molecule has 0 rings (SSSR count). The minimum absolute atomic E-state index is 0.221. The lowest BCUT2D eigenvalue weighted by Crippen LogP contribution is -1.95. The van der Waals surface area contributed by atoms with Crippen LogP contribution in [-0.2, 0) is 28.8 Å². The minimum atomic E-state index is -0.759. The van der Waals surface area contributed by atoms with Gasteiger partial charge in [0.15, 0.2) is 0 Å². The monoisotopic (exact) mass is 702 g/mol. The van der Waals surface area contributed by atoms with Gasteiger partial charge in [0.2, 0.25) is 0 Å². The average Bonchev–Trinajstić information content (AvgIpc) is 3.01. The van der Waals surface area contributed by atoms with Crippen molar-refractivity contribution in [3.8, 4) is 0 Å². The van der Waals surface area contributed by atoms with Gasteiger partial charge >= 0.3 is 35.8 Å². The van der Waals surface area contributed by atoms with Gasteiger partial charge in [-0.2, -0.15) is 0 Å². The van der Waals surface area contributed by atoms with Crippen molar-refractivity contribution >= 4 is 35.8 Å². The summed E-state index contributed by atoms with van der Waals surface area (Å²) in [5.41, 5.74) is 0. The zero-order valence-corrected chi connectivity index (χ0v) is 29.8. The van der Waals surface area contributed by atoms with E-state index in [9.17, 15) is 28.8 Å². The van der Waals surface area contributed by atoms with Gasteiger partial charge < -0.3 is 30.6 Å². The fourth-order valence-electron chi connectivity index (χ4n) is 4.72. The molecule has 286 valence electrons. The van der Waals surface area contributed by atoms with Crippen molar-refractivity contribution in [2.75, 3.05) is 0 Å². The molecule has 6 N–H and O–H groups in total. The molecule has 0 spiro atoms. The minimum Gasteiger partial charge on any atom is -0.481 e. The Labute approximate surface area is 293 Å². The molecule has 12 heteroatoms. The summed E-state index contributed by atoms with van der Waals surface area (Å²) < 4.78 is 0. The Bertz CT molecular complexity index is 801. The highest BCUT2D eigenvalue weighted by Gasteiger charge is 2.00. The highest BCUT2D eigenvalue weighted by molar-refractivity contribution is 5.68. The number of rotatable bonds is 33. The molecule has 12 nitrogen and oxygen atoms in total. The smallest absolute Gasteiger partial charge is 0.303 e. The van der Waals surface area contributed by atoms with Crippen LogP contribution in [0.2, 0.25) is 0 Å². The molecule has 0 aromatic rings. The summed E-state index contributed by atoms with van der Waals surface area (Å²) in [5.74, 6) is -4.38. The maximum atomic E-state index is 10.3. The Kier molecular flexibility index (Phi) is 41.5. The van der Waals surface area contributed by atoms with Crippen LogP contribution in [0.15, 0.2) is 12.2 Å². The first-order chi connectivity index (χ1) is 23.4. The van der Waals surface area contributed by atoms with Gasteiger partial charge in [-0.25, -0.2) is 0 Å². The zero-order valence-electron chi connectivity index (χ0n) is 29.8. The number of hydrogen-bond acceptors (Lipinski definition) is 6. The number of aliphatic carboxylic acids is 6. The van der Waals surface area contributed by atoms with Crippen molar-refractivity contribution in [3.05, 3.63) is 12.2 Å². The van der Waals surface area contributed by atoms with Crippen LogP contribution in [0.1, 0.15) is 186 Å². The third-order valence-corrected chi connectivity index (χ3v) is 7.50. The first-order valence-electron chi connectivity index (χ1n) is 18.3. The molecule has 0 aliphatic carbocycles. The lowest BCUT2D eigenvalue weighted by atomic mass is 10.1. The van der Waals surface area contributed by atoms with E-state index in [4.69, 9.17) is 30.6 Å². The molecule has 49 heavy (non-hydrogen) atoms. The van der Waals surface area contributed by atoms with Gasteiger partial charge in [0.25, 0.3) is 0 Å². The molecule has 0 saturated heterocycles. The SMILES string of the molecule is O=C(O)CCCCCCCC(=O)O.O=C(O)CCCCCCCC=CCCCCCCCC(=O)O.O=C(O)CCCCCCCCC(=O)O. The Hall–Kier alpha value is -3.44. The molecule has 0 unspecified atom stereocenters. The molecule has 0 fully saturated rings. The van der Waals surface area contributed by atoms with E-state index in [1.54, 1.807) is 0 Å². The Morgan fingerprint density at radius 2 is 0.388 bits per heavy atom. The molecular weight excluding hydrogens is 636 g/mol. The molecule has 0 amide bonds. The van der Waals surface area contributed by atoms with Gasteiger partial charge in [-0.3, -0.25) is 28.8 Å². The third kappa shape index (κ3) is 60.4. The van der Waals surface area contributed by atoms with Crippen LogP contribution >= 0.6 is 0 Å². The Balaban J connectivity index is -0.000000682. The summed E-state index contributed by atoms with van der Waals surface area (Å²) in [6.07, 6.45) is 28.4. The molecule has 0 bridgehead atoms. The lowest BCUT2D eigenvalue weighted by Gasteiger charge is -1.99. The maximum absolute atomic E-state index is 10.3. The normalized spacial score (nSPS) is 10.4. The van der Waals surface area contributed by atoms with Gasteiger partial charge in [0.05, 0.1) is 0 Å². The highest BCUT2D eigenvalue weighted by Crippen LogP contribution is 2.11. The second-order valence-electron chi connectivity index (χ2n) is 12.3. The van der Waals surface area contributed by atoms with Crippen molar-refractivity contribution < 1.29 is 59.4 Å². The molecule has 0 radical (unpaired) electrons. The van der Waals surface area contributed by atoms with Gasteiger partial charge in [-0.1, -0.05) is 95.6 Å². The van der Waals surface area contributed by atoms with Gasteiger partial charge in [-0.15, -0.1) is 0 Å². The third-order valence-electron chi connectivity index (χ3n) is 7.50. The van der Waals surface area contributed by atoms with Crippen molar-refractivity contribution in [2.45, 2.75) is 186 Å². The van der Waals surface area contributed by atoms with E-state index >= 15 is 0 Å². The quantitative estimate of drug-likeness (QED) is 0.0278. The van der Waals surface area contributed by atoms with Crippen LogP contribution < -0.4 is 0 Å². The second kappa shape index (κ2) is 40.7. The largest absolute Gasteiger partial charge is 0.481 e. The van der Waals surface area contributed by atoms with E-state index in [1.807, 2.05) is 0 Å². The Morgan fingerprint density at radius 3 is 0.551 bits per heavy atom. The highest BCUT2D eigenvalue weighted by atomic mass is 16.4. The van der Waals surface area contributed by atoms with E-state index in [2.05, 4.69) is 12.2 Å². The summed E-state index contributed by atoms with van der Waals surface area (Å²) in [5, 5.41) is 50.3. The summed E-state index contributed by atoms with van der Waals surface area (Å²) >= 11 is 0. The van der Waals surface area contributed by atoms with Crippen LogP contribution in [0.25, 0.3) is 0 Å². The molecule has 0 aliphatic heterocycles. The number of unbranched alkanes of at least 4 members (excludes halogenated alkanes) is 19. The van der Waals surface area contributed by atoms with E-state index in [-0.39, 0.29) is 25.7 Å². The van der Waals surface area contributed by atoms with Crippen molar-refractivity contribution in [1.82, 2.24) is 0 Å². The lowest BCUT2D eigenvalue weighted by molar-refractivity contribution is -0.138. The predicted octanol–water partition coefficient (Wildman–Crippen LogP) is 9.34.